The Morgan fingerprint density at radius 1 is 1.26 bits per heavy atom. The molecular formula is C15H20ClNO2. The number of rotatable bonds is 2. The molecule has 104 valence electrons. The van der Waals surface area contributed by atoms with Crippen molar-refractivity contribution in [3.63, 3.8) is 0 Å². The lowest BCUT2D eigenvalue weighted by Gasteiger charge is -2.26. The van der Waals surface area contributed by atoms with Crippen LogP contribution in [-0.4, -0.2) is 26.3 Å². The van der Waals surface area contributed by atoms with E-state index in [1.54, 1.807) is 0 Å². The Morgan fingerprint density at radius 3 is 2.79 bits per heavy atom. The maximum atomic E-state index is 6.53. The normalized spacial score (nSPS) is 19.5. The second-order valence-corrected chi connectivity index (χ2v) is 5.79. The van der Waals surface area contributed by atoms with Gasteiger partial charge >= 0.3 is 0 Å². The van der Waals surface area contributed by atoms with Crippen LogP contribution < -0.4 is 14.8 Å². The Hall–Kier alpha value is -0.930. The second-order valence-electron chi connectivity index (χ2n) is 5.41. The molecule has 1 N–H and O–H groups in total. The molecule has 0 atom stereocenters. The Kier molecular flexibility index (Phi) is 3.85. The number of nitrogens with one attached hydrogen (secondary N) is 1. The first kappa shape index (κ1) is 13.1. The molecule has 0 aromatic heterocycles. The monoisotopic (exact) mass is 281 g/mol. The highest BCUT2D eigenvalue weighted by Gasteiger charge is 2.23. The van der Waals surface area contributed by atoms with E-state index < -0.39 is 0 Å². The van der Waals surface area contributed by atoms with Crippen molar-refractivity contribution in [2.45, 2.75) is 26.2 Å². The number of hydrogen-bond donors (Lipinski definition) is 1. The molecule has 1 fully saturated rings. The predicted molar refractivity (Wildman–Crippen MR) is 76.5 cm³/mol. The van der Waals surface area contributed by atoms with Gasteiger partial charge in [0.25, 0.3) is 0 Å². The largest absolute Gasteiger partial charge is 0.486 e. The third kappa shape index (κ3) is 2.67. The number of ether oxygens (including phenoxy) is 2. The van der Waals surface area contributed by atoms with E-state index in [1.165, 1.54) is 24.0 Å². The summed E-state index contributed by atoms with van der Waals surface area (Å²) >= 11 is 6.53. The molecule has 0 amide bonds. The molecule has 19 heavy (non-hydrogen) atoms. The molecule has 0 aliphatic carbocycles. The van der Waals surface area contributed by atoms with Gasteiger partial charge in [-0.3, -0.25) is 0 Å². The zero-order chi connectivity index (χ0) is 13.2. The van der Waals surface area contributed by atoms with Gasteiger partial charge in [-0.1, -0.05) is 11.6 Å². The minimum Gasteiger partial charge on any atom is -0.486 e. The fourth-order valence-corrected chi connectivity index (χ4v) is 3.30. The first-order valence-corrected chi connectivity index (χ1v) is 7.42. The van der Waals surface area contributed by atoms with Crippen molar-refractivity contribution in [2.75, 3.05) is 26.3 Å². The number of hydrogen-bond acceptors (Lipinski definition) is 3. The first-order chi connectivity index (χ1) is 9.25. The topological polar surface area (TPSA) is 30.5 Å². The summed E-state index contributed by atoms with van der Waals surface area (Å²) in [5.41, 5.74) is 2.45. The minimum absolute atomic E-state index is 0.586. The fourth-order valence-electron chi connectivity index (χ4n) is 2.93. The van der Waals surface area contributed by atoms with Gasteiger partial charge in [0.1, 0.15) is 13.2 Å². The number of piperidine rings is 1. The summed E-state index contributed by atoms with van der Waals surface area (Å²) < 4.78 is 11.3. The number of benzene rings is 1. The summed E-state index contributed by atoms with van der Waals surface area (Å²) in [4.78, 5) is 0. The molecule has 1 aromatic carbocycles. The van der Waals surface area contributed by atoms with Gasteiger partial charge in [-0.05, 0) is 62.4 Å². The summed E-state index contributed by atoms with van der Waals surface area (Å²) in [7, 11) is 0. The van der Waals surface area contributed by atoms with Gasteiger partial charge in [-0.2, -0.15) is 0 Å². The van der Waals surface area contributed by atoms with E-state index in [0.29, 0.717) is 13.2 Å². The van der Waals surface area contributed by atoms with Gasteiger partial charge < -0.3 is 14.8 Å². The molecular weight excluding hydrogens is 262 g/mol. The van der Waals surface area contributed by atoms with Crippen molar-refractivity contribution in [3.8, 4) is 11.5 Å². The van der Waals surface area contributed by atoms with Gasteiger partial charge in [0.05, 0.1) is 5.02 Å². The van der Waals surface area contributed by atoms with Crippen molar-refractivity contribution in [2.24, 2.45) is 5.92 Å². The van der Waals surface area contributed by atoms with Gasteiger partial charge in [0, 0.05) is 0 Å². The number of halogens is 1. The molecule has 0 spiro atoms. The molecule has 3 nitrogen and oxygen atoms in total. The lowest BCUT2D eigenvalue weighted by atomic mass is 9.89. The lowest BCUT2D eigenvalue weighted by Crippen LogP contribution is -2.29. The predicted octanol–water partition coefficient (Wildman–Crippen LogP) is 2.96. The molecule has 2 aliphatic heterocycles. The summed E-state index contributed by atoms with van der Waals surface area (Å²) in [6, 6.07) is 2.07. The average Bonchev–Trinajstić information content (AvgIpc) is 2.45. The number of fused-ring (bicyclic) bond motifs is 1. The van der Waals surface area contributed by atoms with Crippen LogP contribution in [0.3, 0.4) is 0 Å². The van der Waals surface area contributed by atoms with Crippen LogP contribution in [0.15, 0.2) is 6.07 Å². The molecule has 4 heteroatoms. The summed E-state index contributed by atoms with van der Waals surface area (Å²) in [6.07, 6.45) is 3.50. The molecule has 1 saturated heterocycles. The van der Waals surface area contributed by atoms with Gasteiger partial charge in [-0.15, -0.1) is 0 Å². The molecule has 0 saturated carbocycles. The highest BCUT2D eigenvalue weighted by Crippen LogP contribution is 2.42. The van der Waals surface area contributed by atoms with Crippen LogP contribution in [-0.2, 0) is 6.42 Å². The van der Waals surface area contributed by atoms with Crippen LogP contribution in [0.2, 0.25) is 5.02 Å². The Balaban J connectivity index is 1.87. The molecule has 0 radical (unpaired) electrons. The zero-order valence-electron chi connectivity index (χ0n) is 11.3. The van der Waals surface area contributed by atoms with Crippen LogP contribution in [0.1, 0.15) is 24.0 Å². The fraction of sp³-hybridized carbons (Fsp3) is 0.600. The quantitative estimate of drug-likeness (QED) is 0.904. The Labute approximate surface area is 119 Å². The SMILES string of the molecule is Cc1cc2c(c(Cl)c1CC1CCNCC1)OCCO2. The van der Waals surface area contributed by atoms with Crippen LogP contribution in [0, 0.1) is 12.8 Å². The lowest BCUT2D eigenvalue weighted by molar-refractivity contribution is 0.171. The van der Waals surface area contributed by atoms with Crippen molar-refractivity contribution >= 4 is 11.6 Å². The highest BCUT2D eigenvalue weighted by molar-refractivity contribution is 6.33. The molecule has 3 rings (SSSR count). The Bertz CT molecular complexity index is 470. The Morgan fingerprint density at radius 2 is 2.00 bits per heavy atom. The first-order valence-electron chi connectivity index (χ1n) is 7.04. The molecule has 0 unspecified atom stereocenters. The van der Waals surface area contributed by atoms with Crippen molar-refractivity contribution < 1.29 is 9.47 Å². The van der Waals surface area contributed by atoms with E-state index in [4.69, 9.17) is 21.1 Å². The van der Waals surface area contributed by atoms with E-state index in [0.717, 1.165) is 41.9 Å². The molecule has 2 aliphatic rings. The zero-order valence-corrected chi connectivity index (χ0v) is 12.1. The molecule has 2 heterocycles. The van der Waals surface area contributed by atoms with Crippen LogP contribution in [0.4, 0.5) is 0 Å². The van der Waals surface area contributed by atoms with E-state index >= 15 is 0 Å². The van der Waals surface area contributed by atoms with E-state index in [1.807, 2.05) is 0 Å². The van der Waals surface area contributed by atoms with Crippen LogP contribution in [0.5, 0.6) is 11.5 Å². The molecule has 0 bridgehead atoms. The van der Waals surface area contributed by atoms with Gasteiger partial charge in [-0.25, -0.2) is 0 Å². The summed E-state index contributed by atoms with van der Waals surface area (Å²) in [5.74, 6) is 2.25. The molecule has 1 aromatic rings. The van der Waals surface area contributed by atoms with E-state index in [2.05, 4.69) is 18.3 Å². The van der Waals surface area contributed by atoms with E-state index in [9.17, 15) is 0 Å². The van der Waals surface area contributed by atoms with Crippen molar-refractivity contribution in [3.05, 3.63) is 22.2 Å². The smallest absolute Gasteiger partial charge is 0.180 e. The van der Waals surface area contributed by atoms with Crippen molar-refractivity contribution in [1.29, 1.82) is 0 Å². The van der Waals surface area contributed by atoms with Crippen LogP contribution in [0.25, 0.3) is 0 Å². The summed E-state index contributed by atoms with van der Waals surface area (Å²) in [6.45, 7) is 5.54. The van der Waals surface area contributed by atoms with Crippen LogP contribution >= 0.6 is 11.6 Å². The average molecular weight is 282 g/mol. The summed E-state index contributed by atoms with van der Waals surface area (Å²) in [5, 5.41) is 4.16. The maximum absolute atomic E-state index is 6.53. The third-order valence-corrected chi connectivity index (χ3v) is 4.45. The van der Waals surface area contributed by atoms with Crippen molar-refractivity contribution in [1.82, 2.24) is 5.32 Å². The second kappa shape index (κ2) is 5.59. The third-order valence-electron chi connectivity index (χ3n) is 4.05. The van der Waals surface area contributed by atoms with Gasteiger partial charge in [0.15, 0.2) is 11.5 Å². The van der Waals surface area contributed by atoms with Gasteiger partial charge in [0.2, 0.25) is 0 Å². The minimum atomic E-state index is 0.586. The number of aryl methyl sites for hydroxylation is 1. The highest BCUT2D eigenvalue weighted by atomic mass is 35.5. The maximum Gasteiger partial charge on any atom is 0.180 e. The van der Waals surface area contributed by atoms with E-state index in [-0.39, 0.29) is 0 Å². The standard InChI is InChI=1S/C15H20ClNO2/c1-10-8-13-15(19-7-6-18-13)14(16)12(10)9-11-2-4-17-5-3-11/h8,11,17H,2-7,9H2,1H3.